The highest BCUT2D eigenvalue weighted by atomic mass is 16.5. The van der Waals surface area contributed by atoms with Gasteiger partial charge in [0.05, 0.1) is 19.3 Å². The normalized spacial score (nSPS) is 17.5. The number of rotatable bonds is 5. The SMILES string of the molecule is CCC1CN(C(=O)CNc2cc(C(=O)N(C)C)ccc2C)CCO1. The van der Waals surface area contributed by atoms with Crippen LogP contribution in [0.1, 0.15) is 29.3 Å². The molecule has 1 saturated heterocycles. The molecule has 1 aromatic carbocycles. The number of benzene rings is 1. The van der Waals surface area contributed by atoms with Crippen molar-refractivity contribution in [3.8, 4) is 0 Å². The van der Waals surface area contributed by atoms with Crippen molar-refractivity contribution in [1.82, 2.24) is 9.80 Å². The summed E-state index contributed by atoms with van der Waals surface area (Å²) in [5.74, 6) is 0.00355. The highest BCUT2D eigenvalue weighted by molar-refractivity contribution is 5.95. The molecule has 1 fully saturated rings. The molecule has 0 bridgehead atoms. The number of ether oxygens (including phenoxy) is 1. The standard InChI is InChI=1S/C18H27N3O3/c1-5-15-12-21(8-9-24-15)17(22)11-19-16-10-14(7-6-13(16)2)18(23)20(3)4/h6-7,10,15,19H,5,8-9,11-12H2,1-4H3. The molecule has 1 aliphatic rings. The molecule has 1 unspecified atom stereocenters. The van der Waals surface area contributed by atoms with Crippen LogP contribution in [-0.4, -0.2) is 68.1 Å². The Morgan fingerprint density at radius 2 is 2.12 bits per heavy atom. The summed E-state index contributed by atoms with van der Waals surface area (Å²) in [7, 11) is 3.45. The van der Waals surface area contributed by atoms with Gasteiger partial charge in [-0.2, -0.15) is 0 Å². The van der Waals surface area contributed by atoms with Gasteiger partial charge in [-0.15, -0.1) is 0 Å². The van der Waals surface area contributed by atoms with Gasteiger partial charge in [-0.3, -0.25) is 9.59 Å². The number of carbonyl (C=O) groups excluding carboxylic acids is 2. The van der Waals surface area contributed by atoms with Crippen LogP contribution in [0.5, 0.6) is 0 Å². The van der Waals surface area contributed by atoms with Crippen molar-refractivity contribution in [1.29, 1.82) is 0 Å². The summed E-state index contributed by atoms with van der Waals surface area (Å²) in [6.07, 6.45) is 1.04. The average Bonchev–Trinajstić information content (AvgIpc) is 2.60. The van der Waals surface area contributed by atoms with Crippen molar-refractivity contribution >= 4 is 17.5 Å². The maximum absolute atomic E-state index is 12.4. The second-order valence-electron chi connectivity index (χ2n) is 6.32. The third-order valence-corrected chi connectivity index (χ3v) is 4.27. The van der Waals surface area contributed by atoms with Crippen molar-refractivity contribution in [3.05, 3.63) is 29.3 Å². The molecule has 0 spiro atoms. The molecule has 1 aliphatic heterocycles. The third-order valence-electron chi connectivity index (χ3n) is 4.27. The Morgan fingerprint density at radius 3 is 2.79 bits per heavy atom. The first kappa shape index (κ1) is 18.3. The lowest BCUT2D eigenvalue weighted by Gasteiger charge is -2.32. The fraction of sp³-hybridized carbons (Fsp3) is 0.556. The van der Waals surface area contributed by atoms with Crippen molar-refractivity contribution < 1.29 is 14.3 Å². The quantitative estimate of drug-likeness (QED) is 0.892. The summed E-state index contributed by atoms with van der Waals surface area (Å²) < 4.78 is 5.60. The number of hydrogen-bond acceptors (Lipinski definition) is 4. The number of morpholine rings is 1. The van der Waals surface area contributed by atoms with Gasteiger partial charge in [0.2, 0.25) is 5.91 Å². The van der Waals surface area contributed by atoms with Crippen molar-refractivity contribution in [2.75, 3.05) is 45.7 Å². The molecule has 0 radical (unpaired) electrons. The molecule has 1 N–H and O–H groups in total. The van der Waals surface area contributed by atoms with Crippen LogP contribution in [0, 0.1) is 6.92 Å². The summed E-state index contributed by atoms with van der Waals surface area (Å²) in [5.41, 5.74) is 2.43. The minimum absolute atomic E-state index is 0.0525. The molecule has 2 amide bonds. The summed E-state index contributed by atoms with van der Waals surface area (Å²) >= 11 is 0. The van der Waals surface area contributed by atoms with Crippen molar-refractivity contribution in [3.63, 3.8) is 0 Å². The average molecular weight is 333 g/mol. The van der Waals surface area contributed by atoms with Gasteiger partial charge < -0.3 is 19.9 Å². The number of nitrogens with zero attached hydrogens (tertiary/aromatic N) is 2. The van der Waals surface area contributed by atoms with E-state index in [2.05, 4.69) is 12.2 Å². The number of aryl methyl sites for hydroxylation is 1. The van der Waals surface area contributed by atoms with Crippen LogP contribution >= 0.6 is 0 Å². The van der Waals surface area contributed by atoms with E-state index in [-0.39, 0.29) is 24.5 Å². The van der Waals surface area contributed by atoms with E-state index in [1.165, 1.54) is 4.90 Å². The third kappa shape index (κ3) is 4.47. The zero-order chi connectivity index (χ0) is 17.7. The Balaban J connectivity index is 1.99. The van der Waals surface area contributed by atoms with Crippen molar-refractivity contribution in [2.45, 2.75) is 26.4 Å². The molecule has 6 nitrogen and oxygen atoms in total. The molecular weight excluding hydrogens is 306 g/mol. The Kier molecular flexibility index (Phi) is 6.20. The van der Waals surface area contributed by atoms with Crippen LogP contribution < -0.4 is 5.32 Å². The van der Waals surface area contributed by atoms with Crippen LogP contribution in [0.4, 0.5) is 5.69 Å². The molecule has 6 heteroatoms. The summed E-state index contributed by atoms with van der Waals surface area (Å²) in [4.78, 5) is 27.9. The predicted octanol–water partition coefficient (Wildman–Crippen LogP) is 1.75. The maximum Gasteiger partial charge on any atom is 0.253 e. The van der Waals surface area contributed by atoms with Crippen LogP contribution in [0.2, 0.25) is 0 Å². The molecule has 2 rings (SSSR count). The van der Waals surface area contributed by atoms with E-state index in [1.807, 2.05) is 17.9 Å². The Labute approximate surface area is 143 Å². The minimum atomic E-state index is -0.0525. The maximum atomic E-state index is 12.4. The first-order chi connectivity index (χ1) is 11.4. The lowest BCUT2D eigenvalue weighted by molar-refractivity contribution is -0.136. The molecule has 1 heterocycles. The molecule has 1 atom stereocenters. The Morgan fingerprint density at radius 1 is 1.38 bits per heavy atom. The molecule has 0 aromatic heterocycles. The lowest BCUT2D eigenvalue weighted by Crippen LogP contribution is -2.47. The summed E-state index contributed by atoms with van der Waals surface area (Å²) in [5, 5.41) is 3.17. The Bertz CT molecular complexity index is 601. The molecular formula is C18H27N3O3. The number of nitrogens with one attached hydrogen (secondary N) is 1. The zero-order valence-corrected chi connectivity index (χ0v) is 15.0. The van der Waals surface area contributed by atoms with E-state index in [1.54, 1.807) is 26.2 Å². The Hall–Kier alpha value is -2.08. The van der Waals surface area contributed by atoms with Gasteiger partial charge in [0.1, 0.15) is 0 Å². The smallest absolute Gasteiger partial charge is 0.253 e. The van der Waals surface area contributed by atoms with Gasteiger partial charge in [0.15, 0.2) is 0 Å². The molecule has 1 aromatic rings. The second-order valence-corrected chi connectivity index (χ2v) is 6.32. The second kappa shape index (κ2) is 8.15. The number of hydrogen-bond donors (Lipinski definition) is 1. The summed E-state index contributed by atoms with van der Waals surface area (Å²) in [6, 6.07) is 5.50. The van der Waals surface area contributed by atoms with Crippen LogP contribution in [0.25, 0.3) is 0 Å². The van der Waals surface area contributed by atoms with E-state index < -0.39 is 0 Å². The van der Waals surface area contributed by atoms with E-state index >= 15 is 0 Å². The highest BCUT2D eigenvalue weighted by Gasteiger charge is 2.22. The van der Waals surface area contributed by atoms with E-state index in [0.29, 0.717) is 25.3 Å². The lowest BCUT2D eigenvalue weighted by atomic mass is 10.1. The van der Waals surface area contributed by atoms with Gasteiger partial charge in [0, 0.05) is 38.4 Å². The summed E-state index contributed by atoms with van der Waals surface area (Å²) in [6.45, 7) is 6.11. The first-order valence-electron chi connectivity index (χ1n) is 8.38. The largest absolute Gasteiger partial charge is 0.376 e. The predicted molar refractivity (Wildman–Crippen MR) is 94.3 cm³/mol. The molecule has 132 valence electrons. The fourth-order valence-electron chi connectivity index (χ4n) is 2.68. The fourth-order valence-corrected chi connectivity index (χ4v) is 2.68. The minimum Gasteiger partial charge on any atom is -0.376 e. The highest BCUT2D eigenvalue weighted by Crippen LogP contribution is 2.18. The van der Waals surface area contributed by atoms with Crippen molar-refractivity contribution in [2.24, 2.45) is 0 Å². The van der Waals surface area contributed by atoms with Crippen LogP contribution in [0.3, 0.4) is 0 Å². The topological polar surface area (TPSA) is 61.9 Å². The van der Waals surface area contributed by atoms with Gasteiger partial charge in [-0.25, -0.2) is 0 Å². The monoisotopic (exact) mass is 333 g/mol. The zero-order valence-electron chi connectivity index (χ0n) is 15.0. The van der Waals surface area contributed by atoms with E-state index in [4.69, 9.17) is 4.74 Å². The molecule has 24 heavy (non-hydrogen) atoms. The van der Waals surface area contributed by atoms with E-state index in [0.717, 1.165) is 17.7 Å². The number of anilines is 1. The number of amides is 2. The van der Waals surface area contributed by atoms with Gasteiger partial charge >= 0.3 is 0 Å². The van der Waals surface area contributed by atoms with Gasteiger partial charge in [-0.05, 0) is 31.0 Å². The van der Waals surface area contributed by atoms with Crippen LogP contribution in [-0.2, 0) is 9.53 Å². The molecule has 0 aliphatic carbocycles. The van der Waals surface area contributed by atoms with Gasteiger partial charge in [0.25, 0.3) is 5.91 Å². The van der Waals surface area contributed by atoms with E-state index in [9.17, 15) is 9.59 Å². The van der Waals surface area contributed by atoms with Gasteiger partial charge in [-0.1, -0.05) is 13.0 Å². The number of carbonyl (C=O) groups is 2. The molecule has 0 saturated carbocycles. The first-order valence-corrected chi connectivity index (χ1v) is 8.38. The van der Waals surface area contributed by atoms with Crippen LogP contribution in [0.15, 0.2) is 18.2 Å².